The van der Waals surface area contributed by atoms with Crippen molar-refractivity contribution in [2.45, 2.75) is 13.5 Å². The summed E-state index contributed by atoms with van der Waals surface area (Å²) >= 11 is 0. The molecular formula is C13H23N3O. The van der Waals surface area contributed by atoms with Gasteiger partial charge in [0.1, 0.15) is 0 Å². The first-order chi connectivity index (χ1) is 8.33. The molecule has 0 saturated carbocycles. The summed E-state index contributed by atoms with van der Waals surface area (Å²) in [5.74, 6) is 0. The largest absolute Gasteiger partial charge is 0.380 e. The van der Waals surface area contributed by atoms with E-state index in [1.54, 1.807) is 6.20 Å². The molecule has 0 aliphatic carbocycles. The van der Waals surface area contributed by atoms with E-state index in [4.69, 9.17) is 4.74 Å². The summed E-state index contributed by atoms with van der Waals surface area (Å²) in [5, 5.41) is 3.35. The molecule has 4 heteroatoms. The molecule has 0 aromatic carbocycles. The third-order valence-corrected chi connectivity index (χ3v) is 2.47. The van der Waals surface area contributed by atoms with Crippen LogP contribution in [0.3, 0.4) is 0 Å². The van der Waals surface area contributed by atoms with Crippen molar-refractivity contribution in [2.24, 2.45) is 0 Å². The number of nitrogens with one attached hydrogen (secondary N) is 1. The molecule has 1 rings (SSSR count). The molecule has 0 unspecified atom stereocenters. The van der Waals surface area contributed by atoms with E-state index in [0.29, 0.717) is 0 Å². The Labute approximate surface area is 104 Å². The highest BCUT2D eigenvalue weighted by atomic mass is 16.5. The Morgan fingerprint density at radius 1 is 1.41 bits per heavy atom. The minimum absolute atomic E-state index is 0.794. The van der Waals surface area contributed by atoms with Crippen molar-refractivity contribution < 1.29 is 4.74 Å². The summed E-state index contributed by atoms with van der Waals surface area (Å²) in [5.41, 5.74) is 1.25. The normalized spacial score (nSPS) is 11.0. The van der Waals surface area contributed by atoms with Crippen molar-refractivity contribution in [3.05, 3.63) is 30.1 Å². The van der Waals surface area contributed by atoms with E-state index in [-0.39, 0.29) is 0 Å². The Bertz CT molecular complexity index is 279. The highest BCUT2D eigenvalue weighted by molar-refractivity contribution is 5.07. The molecule has 0 atom stereocenters. The van der Waals surface area contributed by atoms with Crippen molar-refractivity contribution >= 4 is 0 Å². The average molecular weight is 237 g/mol. The van der Waals surface area contributed by atoms with Crippen molar-refractivity contribution in [3.8, 4) is 0 Å². The maximum atomic E-state index is 5.25. The molecule has 0 amide bonds. The van der Waals surface area contributed by atoms with E-state index in [1.807, 2.05) is 19.2 Å². The van der Waals surface area contributed by atoms with E-state index in [2.05, 4.69) is 28.3 Å². The van der Waals surface area contributed by atoms with Gasteiger partial charge in [-0.25, -0.2) is 0 Å². The van der Waals surface area contributed by atoms with Gasteiger partial charge in [0.25, 0.3) is 0 Å². The van der Waals surface area contributed by atoms with E-state index in [9.17, 15) is 0 Å². The smallest absolute Gasteiger partial charge is 0.0590 e. The molecule has 96 valence electrons. The van der Waals surface area contributed by atoms with Gasteiger partial charge in [-0.05, 0) is 25.6 Å². The van der Waals surface area contributed by atoms with Crippen LogP contribution in [0.15, 0.2) is 24.5 Å². The zero-order valence-corrected chi connectivity index (χ0v) is 10.9. The SMILES string of the molecule is CCOCCNCCN(C)Cc1cccnc1. The maximum absolute atomic E-state index is 5.25. The number of likely N-dealkylation sites (N-methyl/N-ethyl adjacent to an activating group) is 1. The molecule has 4 nitrogen and oxygen atoms in total. The molecule has 17 heavy (non-hydrogen) atoms. The molecular weight excluding hydrogens is 214 g/mol. The van der Waals surface area contributed by atoms with Gasteiger partial charge >= 0.3 is 0 Å². The molecule has 0 spiro atoms. The number of ether oxygens (including phenoxy) is 1. The fraction of sp³-hybridized carbons (Fsp3) is 0.615. The maximum Gasteiger partial charge on any atom is 0.0590 e. The Kier molecular flexibility index (Phi) is 7.54. The van der Waals surface area contributed by atoms with Crippen LogP contribution in [0, 0.1) is 0 Å². The molecule has 0 aliphatic rings. The van der Waals surface area contributed by atoms with E-state index >= 15 is 0 Å². The molecule has 1 aromatic rings. The zero-order valence-electron chi connectivity index (χ0n) is 10.9. The van der Waals surface area contributed by atoms with Crippen molar-refractivity contribution in [2.75, 3.05) is 39.9 Å². The topological polar surface area (TPSA) is 37.4 Å². The monoisotopic (exact) mass is 237 g/mol. The van der Waals surface area contributed by atoms with Gasteiger partial charge in [0.2, 0.25) is 0 Å². The quantitative estimate of drug-likeness (QED) is 0.654. The predicted molar refractivity (Wildman–Crippen MR) is 69.9 cm³/mol. The van der Waals surface area contributed by atoms with Gasteiger partial charge in [-0.3, -0.25) is 4.98 Å². The van der Waals surface area contributed by atoms with Gasteiger partial charge in [-0.15, -0.1) is 0 Å². The number of nitrogens with zero attached hydrogens (tertiary/aromatic N) is 2. The Balaban J connectivity index is 2.03. The summed E-state index contributed by atoms with van der Waals surface area (Å²) in [4.78, 5) is 6.39. The fourth-order valence-electron chi connectivity index (χ4n) is 1.57. The summed E-state index contributed by atoms with van der Waals surface area (Å²) < 4.78 is 5.25. The summed E-state index contributed by atoms with van der Waals surface area (Å²) in [6.45, 7) is 7.49. The summed E-state index contributed by atoms with van der Waals surface area (Å²) in [7, 11) is 2.12. The molecule has 0 bridgehead atoms. The summed E-state index contributed by atoms with van der Waals surface area (Å²) in [6.07, 6.45) is 3.72. The first-order valence-corrected chi connectivity index (χ1v) is 6.19. The lowest BCUT2D eigenvalue weighted by Crippen LogP contribution is -2.30. The van der Waals surface area contributed by atoms with Crippen LogP contribution in [-0.4, -0.2) is 49.8 Å². The molecule has 1 aromatic heterocycles. The summed E-state index contributed by atoms with van der Waals surface area (Å²) in [6, 6.07) is 4.08. The van der Waals surface area contributed by atoms with E-state index in [0.717, 1.165) is 39.4 Å². The van der Waals surface area contributed by atoms with Crippen LogP contribution in [-0.2, 0) is 11.3 Å². The fourth-order valence-corrected chi connectivity index (χ4v) is 1.57. The van der Waals surface area contributed by atoms with E-state index < -0.39 is 0 Å². The van der Waals surface area contributed by atoms with Crippen LogP contribution < -0.4 is 5.32 Å². The zero-order chi connectivity index (χ0) is 12.3. The Morgan fingerprint density at radius 3 is 3.00 bits per heavy atom. The lowest BCUT2D eigenvalue weighted by molar-refractivity contribution is 0.148. The third kappa shape index (κ3) is 7.05. The van der Waals surface area contributed by atoms with Gasteiger partial charge in [0.15, 0.2) is 0 Å². The minimum Gasteiger partial charge on any atom is -0.380 e. The van der Waals surface area contributed by atoms with Crippen LogP contribution in [0.25, 0.3) is 0 Å². The number of hydrogen-bond acceptors (Lipinski definition) is 4. The molecule has 0 fully saturated rings. The van der Waals surface area contributed by atoms with Crippen LogP contribution in [0.5, 0.6) is 0 Å². The third-order valence-electron chi connectivity index (χ3n) is 2.47. The second-order valence-corrected chi connectivity index (χ2v) is 4.05. The Hall–Kier alpha value is -0.970. The first-order valence-electron chi connectivity index (χ1n) is 6.19. The van der Waals surface area contributed by atoms with Crippen molar-refractivity contribution in [1.82, 2.24) is 15.2 Å². The minimum atomic E-state index is 0.794. The van der Waals surface area contributed by atoms with Crippen LogP contribution in [0.1, 0.15) is 12.5 Å². The van der Waals surface area contributed by atoms with Gasteiger partial charge in [0, 0.05) is 45.2 Å². The number of rotatable bonds is 9. The lowest BCUT2D eigenvalue weighted by atomic mass is 10.3. The average Bonchev–Trinajstić information content (AvgIpc) is 2.35. The van der Waals surface area contributed by atoms with Crippen LogP contribution in [0.4, 0.5) is 0 Å². The van der Waals surface area contributed by atoms with E-state index in [1.165, 1.54) is 5.56 Å². The van der Waals surface area contributed by atoms with Crippen LogP contribution in [0.2, 0.25) is 0 Å². The van der Waals surface area contributed by atoms with Gasteiger partial charge in [-0.2, -0.15) is 0 Å². The number of aromatic nitrogens is 1. The van der Waals surface area contributed by atoms with Gasteiger partial charge < -0.3 is 15.0 Å². The molecule has 0 saturated heterocycles. The molecule has 0 radical (unpaired) electrons. The Morgan fingerprint density at radius 2 is 2.29 bits per heavy atom. The molecule has 0 aliphatic heterocycles. The molecule has 1 heterocycles. The molecule has 1 N–H and O–H groups in total. The second kappa shape index (κ2) is 9.10. The van der Waals surface area contributed by atoms with Gasteiger partial charge in [-0.1, -0.05) is 6.07 Å². The number of hydrogen-bond donors (Lipinski definition) is 1. The van der Waals surface area contributed by atoms with Crippen molar-refractivity contribution in [3.63, 3.8) is 0 Å². The predicted octanol–water partition coefficient (Wildman–Crippen LogP) is 1.14. The van der Waals surface area contributed by atoms with Crippen molar-refractivity contribution in [1.29, 1.82) is 0 Å². The lowest BCUT2D eigenvalue weighted by Gasteiger charge is -2.16. The highest BCUT2D eigenvalue weighted by Gasteiger charge is 1.99. The highest BCUT2D eigenvalue weighted by Crippen LogP contribution is 1.99. The standard InChI is InChI=1S/C13H23N3O/c1-3-17-10-8-14-7-9-16(2)12-13-5-4-6-15-11-13/h4-6,11,14H,3,7-10,12H2,1-2H3. The number of pyridine rings is 1. The second-order valence-electron chi connectivity index (χ2n) is 4.05. The first kappa shape index (κ1) is 14.1. The van der Waals surface area contributed by atoms with Gasteiger partial charge in [0.05, 0.1) is 6.61 Å². The van der Waals surface area contributed by atoms with Crippen LogP contribution >= 0.6 is 0 Å².